The highest BCUT2D eigenvalue weighted by Gasteiger charge is 2.26. The third-order valence-electron chi connectivity index (χ3n) is 3.11. The van der Waals surface area contributed by atoms with E-state index in [0.29, 0.717) is 6.61 Å². The van der Waals surface area contributed by atoms with E-state index in [9.17, 15) is 4.79 Å². The number of likely N-dealkylation sites (tertiary alicyclic amines) is 1. The van der Waals surface area contributed by atoms with E-state index in [4.69, 9.17) is 9.15 Å². The summed E-state index contributed by atoms with van der Waals surface area (Å²) in [6.07, 6.45) is 5.44. The highest BCUT2D eigenvalue weighted by molar-refractivity contribution is 5.72. The molecule has 0 unspecified atom stereocenters. The number of hydrogen-bond acceptors (Lipinski definition) is 4. The van der Waals surface area contributed by atoms with Gasteiger partial charge in [-0.25, -0.2) is 0 Å². The van der Waals surface area contributed by atoms with E-state index in [2.05, 4.69) is 4.90 Å². The molecule has 1 aromatic rings. The molecule has 0 saturated carbocycles. The van der Waals surface area contributed by atoms with Crippen LogP contribution in [0.2, 0.25) is 0 Å². The topological polar surface area (TPSA) is 42.7 Å². The van der Waals surface area contributed by atoms with Crippen LogP contribution < -0.4 is 0 Å². The summed E-state index contributed by atoms with van der Waals surface area (Å²) in [7, 11) is 0. The molecule has 1 saturated heterocycles. The summed E-state index contributed by atoms with van der Waals surface area (Å²) in [6.45, 7) is 5.01. The fraction of sp³-hybridized carbons (Fsp3) is 0.615. The molecule has 1 atom stereocenters. The maximum absolute atomic E-state index is 11.7. The lowest BCUT2D eigenvalue weighted by Gasteiger charge is -2.31. The van der Waals surface area contributed by atoms with Gasteiger partial charge >= 0.3 is 5.97 Å². The van der Waals surface area contributed by atoms with Gasteiger partial charge in [-0.3, -0.25) is 9.69 Å². The van der Waals surface area contributed by atoms with Crippen molar-refractivity contribution in [3.05, 3.63) is 24.2 Å². The normalized spacial score (nSPS) is 21.4. The number of carbonyl (C=O) groups excluding carboxylic acids is 1. The summed E-state index contributed by atoms with van der Waals surface area (Å²) in [4.78, 5) is 14.0. The van der Waals surface area contributed by atoms with Crippen LogP contribution in [0.25, 0.3) is 0 Å². The molecule has 4 nitrogen and oxygen atoms in total. The Balaban J connectivity index is 1.86. The Morgan fingerprint density at radius 3 is 3.24 bits per heavy atom. The second-order valence-corrected chi connectivity index (χ2v) is 4.46. The molecule has 94 valence electrons. The largest absolute Gasteiger partial charge is 0.472 e. The molecule has 4 heteroatoms. The van der Waals surface area contributed by atoms with E-state index in [-0.39, 0.29) is 11.9 Å². The smallest absolute Gasteiger partial charge is 0.310 e. The zero-order valence-corrected chi connectivity index (χ0v) is 10.2. The molecule has 1 aliphatic heterocycles. The minimum atomic E-state index is -0.0515. The predicted molar refractivity (Wildman–Crippen MR) is 63.3 cm³/mol. The monoisotopic (exact) mass is 237 g/mol. The maximum Gasteiger partial charge on any atom is 0.310 e. The van der Waals surface area contributed by atoms with Crippen molar-refractivity contribution < 1.29 is 13.9 Å². The molecule has 1 fully saturated rings. The number of rotatable bonds is 4. The van der Waals surface area contributed by atoms with Crippen LogP contribution in [0.15, 0.2) is 23.0 Å². The lowest BCUT2D eigenvalue weighted by molar-refractivity contribution is -0.150. The first kappa shape index (κ1) is 12.2. The molecule has 2 heterocycles. The number of carbonyl (C=O) groups is 1. The highest BCUT2D eigenvalue weighted by Crippen LogP contribution is 2.19. The van der Waals surface area contributed by atoms with Gasteiger partial charge in [0.15, 0.2) is 0 Å². The van der Waals surface area contributed by atoms with E-state index >= 15 is 0 Å². The summed E-state index contributed by atoms with van der Waals surface area (Å²) in [5.41, 5.74) is 1.16. The SMILES string of the molecule is CCOC(=O)[C@H]1CCCN(Cc2ccoc2)C1. The number of piperidine rings is 1. The lowest BCUT2D eigenvalue weighted by atomic mass is 9.98. The Morgan fingerprint density at radius 1 is 1.65 bits per heavy atom. The van der Waals surface area contributed by atoms with Crippen molar-refractivity contribution in [3.63, 3.8) is 0 Å². The van der Waals surface area contributed by atoms with Gasteiger partial charge < -0.3 is 9.15 Å². The zero-order chi connectivity index (χ0) is 12.1. The molecular weight excluding hydrogens is 218 g/mol. The maximum atomic E-state index is 11.7. The van der Waals surface area contributed by atoms with Crippen molar-refractivity contribution in [1.82, 2.24) is 4.90 Å². The predicted octanol–water partition coefficient (Wildman–Crippen LogP) is 2.05. The summed E-state index contributed by atoms with van der Waals surface area (Å²) < 4.78 is 10.1. The fourth-order valence-corrected chi connectivity index (χ4v) is 2.29. The Kier molecular flexibility index (Phi) is 4.20. The molecule has 0 radical (unpaired) electrons. The van der Waals surface area contributed by atoms with Gasteiger partial charge in [0.1, 0.15) is 0 Å². The van der Waals surface area contributed by atoms with Crippen LogP contribution in [0.1, 0.15) is 25.3 Å². The molecule has 0 N–H and O–H groups in total. The van der Waals surface area contributed by atoms with Gasteiger partial charge in [0.25, 0.3) is 0 Å². The highest BCUT2D eigenvalue weighted by atomic mass is 16.5. The molecule has 0 aromatic carbocycles. The minimum absolute atomic E-state index is 0.0376. The fourth-order valence-electron chi connectivity index (χ4n) is 2.29. The second-order valence-electron chi connectivity index (χ2n) is 4.46. The molecule has 17 heavy (non-hydrogen) atoms. The molecular formula is C13H19NO3. The van der Waals surface area contributed by atoms with Crippen LogP contribution in [-0.2, 0) is 16.1 Å². The van der Waals surface area contributed by atoms with Gasteiger partial charge in [0.2, 0.25) is 0 Å². The molecule has 0 bridgehead atoms. The zero-order valence-electron chi connectivity index (χ0n) is 10.2. The first-order valence-corrected chi connectivity index (χ1v) is 6.19. The van der Waals surface area contributed by atoms with Crippen LogP contribution in [0.5, 0.6) is 0 Å². The van der Waals surface area contributed by atoms with Crippen LogP contribution >= 0.6 is 0 Å². The number of ether oxygens (including phenoxy) is 1. The van der Waals surface area contributed by atoms with Gasteiger partial charge in [-0.15, -0.1) is 0 Å². The Hall–Kier alpha value is -1.29. The van der Waals surface area contributed by atoms with Crippen LogP contribution in [-0.4, -0.2) is 30.6 Å². The third-order valence-corrected chi connectivity index (χ3v) is 3.11. The van der Waals surface area contributed by atoms with Gasteiger partial charge in [-0.05, 0) is 32.4 Å². The van der Waals surface area contributed by atoms with Crippen molar-refractivity contribution in [2.24, 2.45) is 5.92 Å². The third kappa shape index (κ3) is 3.33. The van der Waals surface area contributed by atoms with E-state index in [0.717, 1.165) is 38.0 Å². The number of esters is 1. The van der Waals surface area contributed by atoms with Crippen LogP contribution in [0, 0.1) is 5.92 Å². The van der Waals surface area contributed by atoms with E-state index < -0.39 is 0 Å². The summed E-state index contributed by atoms with van der Waals surface area (Å²) >= 11 is 0. The molecule has 1 aliphatic rings. The van der Waals surface area contributed by atoms with Crippen molar-refractivity contribution in [1.29, 1.82) is 0 Å². The summed E-state index contributed by atoms with van der Waals surface area (Å²) in [6, 6.07) is 1.97. The second kappa shape index (κ2) is 5.87. The van der Waals surface area contributed by atoms with Gasteiger partial charge in [0, 0.05) is 18.7 Å². The average molecular weight is 237 g/mol. The van der Waals surface area contributed by atoms with Gasteiger partial charge in [-0.2, -0.15) is 0 Å². The Morgan fingerprint density at radius 2 is 2.53 bits per heavy atom. The average Bonchev–Trinajstić information content (AvgIpc) is 2.82. The van der Waals surface area contributed by atoms with Crippen molar-refractivity contribution >= 4 is 5.97 Å². The van der Waals surface area contributed by atoms with E-state index in [1.54, 1.807) is 12.5 Å². The van der Waals surface area contributed by atoms with E-state index in [1.807, 2.05) is 13.0 Å². The molecule has 1 aromatic heterocycles. The standard InChI is InChI=1S/C13H19NO3/c1-2-17-13(15)12-4-3-6-14(9-12)8-11-5-7-16-10-11/h5,7,10,12H,2-4,6,8-9H2,1H3/t12-/m0/s1. The van der Waals surface area contributed by atoms with Gasteiger partial charge in [0.05, 0.1) is 25.1 Å². The molecule has 0 aliphatic carbocycles. The molecule has 0 spiro atoms. The molecule has 0 amide bonds. The number of nitrogens with zero attached hydrogens (tertiary/aromatic N) is 1. The number of furan rings is 1. The number of hydrogen-bond donors (Lipinski definition) is 0. The lowest BCUT2D eigenvalue weighted by Crippen LogP contribution is -2.38. The first-order chi connectivity index (χ1) is 8.29. The van der Waals surface area contributed by atoms with Crippen molar-refractivity contribution in [3.8, 4) is 0 Å². The Labute approximate surface area is 102 Å². The van der Waals surface area contributed by atoms with Crippen molar-refractivity contribution in [2.75, 3.05) is 19.7 Å². The quantitative estimate of drug-likeness (QED) is 0.752. The Bertz CT molecular complexity index is 348. The van der Waals surface area contributed by atoms with Crippen molar-refractivity contribution in [2.45, 2.75) is 26.3 Å². The molecule has 2 rings (SSSR count). The van der Waals surface area contributed by atoms with Crippen LogP contribution in [0.4, 0.5) is 0 Å². The van der Waals surface area contributed by atoms with E-state index in [1.165, 1.54) is 0 Å². The summed E-state index contributed by atoms with van der Waals surface area (Å²) in [5.74, 6) is -0.0139. The first-order valence-electron chi connectivity index (χ1n) is 6.19. The summed E-state index contributed by atoms with van der Waals surface area (Å²) in [5, 5.41) is 0. The van der Waals surface area contributed by atoms with Crippen LogP contribution in [0.3, 0.4) is 0 Å². The minimum Gasteiger partial charge on any atom is -0.472 e. The van der Waals surface area contributed by atoms with Gasteiger partial charge in [-0.1, -0.05) is 0 Å².